The van der Waals surface area contributed by atoms with E-state index in [1.807, 2.05) is 0 Å². The van der Waals surface area contributed by atoms with E-state index in [-0.39, 0.29) is 0 Å². The predicted octanol–water partition coefficient (Wildman–Crippen LogP) is -1.89. The van der Waals surface area contributed by atoms with Crippen molar-refractivity contribution in [1.82, 2.24) is 10.8 Å². The van der Waals surface area contributed by atoms with Crippen LogP contribution in [-0.4, -0.2) is 31.1 Å². The third kappa shape index (κ3) is 4.48. The fourth-order valence-electron chi connectivity index (χ4n) is 0.330. The van der Waals surface area contributed by atoms with Crippen molar-refractivity contribution in [3.63, 3.8) is 0 Å². The van der Waals surface area contributed by atoms with E-state index in [1.165, 1.54) is 12.4 Å². The van der Waals surface area contributed by atoms with Crippen molar-refractivity contribution in [2.75, 3.05) is 0 Å². The van der Waals surface area contributed by atoms with E-state index in [4.69, 9.17) is 5.21 Å². The molecule has 3 N–H and O–H groups in total. The van der Waals surface area contributed by atoms with Gasteiger partial charge in [0.15, 0.2) is 0 Å². The number of carbonyl (C=O) groups is 1. The van der Waals surface area contributed by atoms with Gasteiger partial charge in [-0.2, -0.15) is 8.42 Å². The Morgan fingerprint density at radius 2 is 2.18 bits per heavy atom. The smallest absolute Gasteiger partial charge is 0.260 e. The van der Waals surface area contributed by atoms with E-state index in [0.717, 1.165) is 5.49 Å². The molecule has 0 spiro atoms. The molecule has 0 bridgehead atoms. The van der Waals surface area contributed by atoms with E-state index in [2.05, 4.69) is 5.32 Å². The molecule has 0 aromatic carbocycles. The van der Waals surface area contributed by atoms with Gasteiger partial charge in [-0.3, -0.25) is 15.3 Å². The van der Waals surface area contributed by atoms with E-state index in [1.54, 1.807) is 0 Å². The summed E-state index contributed by atoms with van der Waals surface area (Å²) in [4.78, 5) is 10.5. The molecular weight excluding hydrogens is 172 g/mol. The third-order valence-corrected chi connectivity index (χ3v) is 1.25. The van der Waals surface area contributed by atoms with Crippen molar-refractivity contribution < 1.29 is 18.4 Å². The highest BCUT2D eigenvalue weighted by molar-refractivity contribution is 7.71. The normalized spacial score (nSPS) is 11.8. The van der Waals surface area contributed by atoms with Gasteiger partial charge in [0.05, 0.1) is 6.04 Å². The van der Waals surface area contributed by atoms with E-state index >= 15 is 0 Å². The fourth-order valence-corrected chi connectivity index (χ4v) is 0.645. The van der Waals surface area contributed by atoms with Crippen LogP contribution in [0.15, 0.2) is 0 Å². The lowest BCUT2D eigenvalue weighted by Crippen LogP contribution is -2.40. The molecule has 0 aromatic heterocycles. The molecule has 0 fully saturated rings. The van der Waals surface area contributed by atoms with Gasteiger partial charge in [0, 0.05) is 0 Å². The number of carbonyl (C=O) groups excluding carboxylic acids is 1. The van der Waals surface area contributed by atoms with Crippen LogP contribution < -0.4 is 10.8 Å². The molecule has 1 amide bonds. The Balaban J connectivity index is 3.98. The zero-order valence-electron chi connectivity index (χ0n) is 5.73. The van der Waals surface area contributed by atoms with Crippen LogP contribution in [-0.2, 0) is 15.1 Å². The molecule has 7 heteroatoms. The molecule has 0 heterocycles. The summed E-state index contributed by atoms with van der Waals surface area (Å²) in [6.45, 7) is 1.40. The second-order valence-electron chi connectivity index (χ2n) is 1.74. The lowest BCUT2D eigenvalue weighted by Gasteiger charge is -2.04. The molecule has 6 nitrogen and oxygen atoms in total. The summed E-state index contributed by atoms with van der Waals surface area (Å²) < 4.78 is 19.8. The molecule has 0 rings (SSSR count). The molecule has 1 unspecified atom stereocenters. The van der Waals surface area contributed by atoms with Crippen molar-refractivity contribution in [1.29, 1.82) is 0 Å². The van der Waals surface area contributed by atoms with Crippen LogP contribution in [0.3, 0.4) is 0 Å². The van der Waals surface area contributed by atoms with Crippen molar-refractivity contribution >= 4 is 21.7 Å². The third-order valence-electron chi connectivity index (χ3n) is 0.918. The first-order valence-corrected chi connectivity index (χ1v) is 3.83. The summed E-state index contributed by atoms with van der Waals surface area (Å²) >= 11 is 0. The summed E-state index contributed by atoms with van der Waals surface area (Å²) in [6, 6.07) is -0.780. The number of hydrogen-bond acceptors (Lipinski definition) is 4. The highest BCUT2D eigenvalue weighted by Crippen LogP contribution is 1.76. The maximum atomic E-state index is 10.5. The Morgan fingerprint density at radius 3 is 2.55 bits per heavy atom. The van der Waals surface area contributed by atoms with Gasteiger partial charge in [-0.05, 0) is 6.92 Å². The van der Waals surface area contributed by atoms with Gasteiger partial charge in [0.1, 0.15) is 5.49 Å². The van der Waals surface area contributed by atoms with Crippen molar-refractivity contribution in [2.24, 2.45) is 0 Å². The maximum Gasteiger partial charge on any atom is 0.260 e. The first-order valence-electron chi connectivity index (χ1n) is 2.69. The van der Waals surface area contributed by atoms with Gasteiger partial charge < -0.3 is 0 Å². The van der Waals surface area contributed by atoms with Crippen LogP contribution in [0.5, 0.6) is 0 Å². The molecule has 0 saturated carbocycles. The van der Waals surface area contributed by atoms with Crippen LogP contribution in [0.1, 0.15) is 6.92 Å². The van der Waals surface area contributed by atoms with E-state index in [9.17, 15) is 13.2 Å². The summed E-state index contributed by atoms with van der Waals surface area (Å²) in [5.41, 5.74) is 2.09. The average molecular weight is 180 g/mol. The van der Waals surface area contributed by atoms with Crippen molar-refractivity contribution in [2.45, 2.75) is 13.0 Å². The first-order chi connectivity index (χ1) is 5.07. The van der Waals surface area contributed by atoms with Crippen molar-refractivity contribution in [3.8, 4) is 0 Å². The molecule has 0 saturated heterocycles. The fraction of sp³-hybridized carbons (Fsp3) is 0.500. The van der Waals surface area contributed by atoms with Gasteiger partial charge in [-0.25, -0.2) is 5.48 Å². The van der Waals surface area contributed by atoms with Crippen LogP contribution >= 0.6 is 0 Å². The van der Waals surface area contributed by atoms with Crippen LogP contribution in [0.2, 0.25) is 0 Å². The topological polar surface area (TPSA) is 95.5 Å². The molecule has 0 radical (unpaired) electrons. The quantitative estimate of drug-likeness (QED) is 0.268. The van der Waals surface area contributed by atoms with Gasteiger partial charge in [-0.1, -0.05) is 0 Å². The Hall–Kier alpha value is -0.920. The predicted molar refractivity (Wildman–Crippen MR) is 37.5 cm³/mol. The van der Waals surface area contributed by atoms with E-state index < -0.39 is 22.2 Å². The Bertz CT molecular complexity index is 249. The van der Waals surface area contributed by atoms with E-state index in [0.29, 0.717) is 0 Å². The minimum Gasteiger partial charge on any atom is -0.289 e. The van der Waals surface area contributed by atoms with Gasteiger partial charge in [0.25, 0.3) is 5.91 Å². The summed E-state index contributed by atoms with van der Waals surface area (Å²) in [7, 11) is -2.35. The molecule has 0 aliphatic heterocycles. The number of rotatable bonds is 3. The number of hydrogen-bond donors (Lipinski definition) is 3. The monoisotopic (exact) mass is 180 g/mol. The van der Waals surface area contributed by atoms with Crippen molar-refractivity contribution in [3.05, 3.63) is 0 Å². The molecule has 0 aliphatic carbocycles. The SMILES string of the molecule is CC(NC=S(=O)=O)C(=O)NO. The molecule has 1 atom stereocenters. The van der Waals surface area contributed by atoms with Crippen LogP contribution in [0, 0.1) is 0 Å². The van der Waals surface area contributed by atoms with Crippen LogP contribution in [0.4, 0.5) is 0 Å². The number of amides is 1. The number of nitrogens with one attached hydrogen (secondary N) is 2. The van der Waals surface area contributed by atoms with Gasteiger partial charge >= 0.3 is 0 Å². The summed E-state index contributed by atoms with van der Waals surface area (Å²) in [6.07, 6.45) is 0. The number of hydroxylamine groups is 1. The minimum atomic E-state index is -2.35. The van der Waals surface area contributed by atoms with Gasteiger partial charge in [-0.15, -0.1) is 0 Å². The largest absolute Gasteiger partial charge is 0.289 e. The van der Waals surface area contributed by atoms with Crippen LogP contribution in [0.25, 0.3) is 0 Å². The summed E-state index contributed by atoms with van der Waals surface area (Å²) in [5, 5.41) is 10.3. The lowest BCUT2D eigenvalue weighted by atomic mass is 10.3. The minimum absolute atomic E-state index is 0.702. The molecule has 11 heavy (non-hydrogen) atoms. The molecule has 0 aromatic rings. The second kappa shape index (κ2) is 4.83. The zero-order valence-corrected chi connectivity index (χ0v) is 6.55. The van der Waals surface area contributed by atoms with Gasteiger partial charge in [0.2, 0.25) is 10.3 Å². The lowest BCUT2D eigenvalue weighted by molar-refractivity contribution is -0.130. The Labute approximate surface area is 64.7 Å². The average Bonchev–Trinajstić information content (AvgIpc) is 1.98. The standard InChI is InChI=1S/C4H8N2O4S/c1-3(4(7)6-8)5-2-11(9)10/h2-3,5,8H,1H3,(H,6,7). The molecule has 0 aliphatic rings. The first kappa shape index (κ1) is 10.1. The molecular formula is C4H8N2O4S. The highest BCUT2D eigenvalue weighted by atomic mass is 32.2. The Kier molecular flexibility index (Phi) is 4.42. The highest BCUT2D eigenvalue weighted by Gasteiger charge is 2.08. The molecule has 64 valence electrons. The second-order valence-corrected chi connectivity index (χ2v) is 2.50. The summed E-state index contributed by atoms with van der Waals surface area (Å²) in [5.74, 6) is -0.702. The maximum absolute atomic E-state index is 10.5. The Morgan fingerprint density at radius 1 is 1.64 bits per heavy atom. The zero-order chi connectivity index (χ0) is 8.85.